The summed E-state index contributed by atoms with van der Waals surface area (Å²) in [5.74, 6) is 0.458. The van der Waals surface area contributed by atoms with Crippen molar-refractivity contribution in [2.75, 3.05) is 6.79 Å². The molecule has 2 aliphatic rings. The summed E-state index contributed by atoms with van der Waals surface area (Å²) in [7, 11) is 0. The summed E-state index contributed by atoms with van der Waals surface area (Å²) in [5, 5.41) is 0. The van der Waals surface area contributed by atoms with E-state index in [0.717, 1.165) is 16.9 Å². The maximum absolute atomic E-state index is 11.4. The number of hydrogen-bond acceptors (Lipinski definition) is 4. The van der Waals surface area contributed by atoms with Gasteiger partial charge in [-0.25, -0.2) is 4.79 Å². The maximum Gasteiger partial charge on any atom is 0.339 e. The maximum atomic E-state index is 11.4. The van der Waals surface area contributed by atoms with Crippen molar-refractivity contribution >= 4 is 5.97 Å². The molecule has 0 radical (unpaired) electrons. The van der Waals surface area contributed by atoms with Crippen LogP contribution in [0.4, 0.5) is 0 Å². The van der Waals surface area contributed by atoms with Gasteiger partial charge < -0.3 is 14.2 Å². The van der Waals surface area contributed by atoms with Crippen molar-refractivity contribution in [3.63, 3.8) is 0 Å². The lowest BCUT2D eigenvalue weighted by Crippen LogP contribution is -2.14. The zero-order valence-corrected chi connectivity index (χ0v) is 7.41. The molecule has 0 aromatic heterocycles. The average molecular weight is 192 g/mol. The lowest BCUT2D eigenvalue weighted by molar-refractivity contribution is -0.0169. The van der Waals surface area contributed by atoms with E-state index in [4.69, 9.17) is 14.2 Å². The minimum atomic E-state index is -0.272. The highest BCUT2D eigenvalue weighted by atomic mass is 16.7. The van der Waals surface area contributed by atoms with E-state index in [2.05, 4.69) is 0 Å². The van der Waals surface area contributed by atoms with Crippen molar-refractivity contribution in [2.24, 2.45) is 0 Å². The van der Waals surface area contributed by atoms with Crippen LogP contribution in [-0.4, -0.2) is 12.8 Å². The van der Waals surface area contributed by atoms with Crippen molar-refractivity contribution in [3.05, 3.63) is 28.8 Å². The minimum absolute atomic E-state index is 0.251. The summed E-state index contributed by atoms with van der Waals surface area (Å²) in [6, 6.07) is 3.73. The topological polar surface area (TPSA) is 44.8 Å². The lowest BCUT2D eigenvalue weighted by Gasteiger charge is -2.18. The summed E-state index contributed by atoms with van der Waals surface area (Å²) in [5.41, 5.74) is 2.36. The zero-order valence-electron chi connectivity index (χ0n) is 7.41. The molecule has 14 heavy (non-hydrogen) atoms. The second-order valence-electron chi connectivity index (χ2n) is 3.26. The van der Waals surface area contributed by atoms with Gasteiger partial charge in [0.1, 0.15) is 12.4 Å². The standard InChI is InChI=1S/C10H8O4/c11-10-9-6(3-13-10)1-2-8-7(9)4-12-5-14-8/h1-2H,3-5H2. The fourth-order valence-corrected chi connectivity index (χ4v) is 1.79. The van der Waals surface area contributed by atoms with Crippen LogP contribution < -0.4 is 4.74 Å². The number of ether oxygens (including phenoxy) is 3. The van der Waals surface area contributed by atoms with Crippen molar-refractivity contribution in [1.82, 2.24) is 0 Å². The van der Waals surface area contributed by atoms with Crippen molar-refractivity contribution in [1.29, 1.82) is 0 Å². The van der Waals surface area contributed by atoms with Crippen LogP contribution in [0.5, 0.6) is 5.75 Å². The molecular formula is C10H8O4. The van der Waals surface area contributed by atoms with Crippen molar-refractivity contribution in [3.8, 4) is 5.75 Å². The summed E-state index contributed by atoms with van der Waals surface area (Å²) >= 11 is 0. The van der Waals surface area contributed by atoms with Crippen LogP contribution in [-0.2, 0) is 22.7 Å². The van der Waals surface area contributed by atoms with Gasteiger partial charge in [-0.05, 0) is 6.07 Å². The van der Waals surface area contributed by atoms with Crippen LogP contribution in [0.2, 0.25) is 0 Å². The Balaban J connectivity index is 2.23. The van der Waals surface area contributed by atoms with E-state index in [1.807, 2.05) is 12.1 Å². The number of benzene rings is 1. The van der Waals surface area contributed by atoms with Gasteiger partial charge in [0.25, 0.3) is 0 Å². The molecule has 0 unspecified atom stereocenters. The Bertz CT molecular complexity index is 411. The summed E-state index contributed by atoms with van der Waals surface area (Å²) in [6.45, 7) is 1.04. The number of cyclic esters (lactones) is 1. The number of rotatable bonds is 0. The van der Waals surface area contributed by atoms with Gasteiger partial charge in [0.05, 0.1) is 12.2 Å². The van der Waals surface area contributed by atoms with Gasteiger partial charge in [-0.15, -0.1) is 0 Å². The Morgan fingerprint density at radius 2 is 2.07 bits per heavy atom. The molecule has 2 heterocycles. The Kier molecular flexibility index (Phi) is 1.52. The molecule has 0 amide bonds. The molecule has 1 aromatic rings. The van der Waals surface area contributed by atoms with Crippen LogP contribution >= 0.6 is 0 Å². The second-order valence-corrected chi connectivity index (χ2v) is 3.26. The third-order valence-corrected chi connectivity index (χ3v) is 2.46. The third kappa shape index (κ3) is 0.943. The van der Waals surface area contributed by atoms with Crippen LogP contribution in [0.3, 0.4) is 0 Å². The van der Waals surface area contributed by atoms with E-state index >= 15 is 0 Å². The molecule has 0 saturated carbocycles. The zero-order chi connectivity index (χ0) is 9.54. The summed E-state index contributed by atoms with van der Waals surface area (Å²) < 4.78 is 15.3. The van der Waals surface area contributed by atoms with Crippen molar-refractivity contribution < 1.29 is 19.0 Å². The van der Waals surface area contributed by atoms with E-state index in [9.17, 15) is 4.79 Å². The monoisotopic (exact) mass is 192 g/mol. The molecule has 2 aliphatic heterocycles. The Hall–Kier alpha value is -1.55. The molecular weight excluding hydrogens is 184 g/mol. The van der Waals surface area contributed by atoms with Gasteiger partial charge in [-0.3, -0.25) is 0 Å². The first kappa shape index (κ1) is 7.82. The molecule has 0 aliphatic carbocycles. The molecule has 0 atom stereocenters. The number of fused-ring (bicyclic) bond motifs is 3. The molecule has 4 nitrogen and oxygen atoms in total. The van der Waals surface area contributed by atoms with Gasteiger partial charge in [-0.2, -0.15) is 0 Å². The van der Waals surface area contributed by atoms with Gasteiger partial charge >= 0.3 is 5.97 Å². The quantitative estimate of drug-likeness (QED) is 0.580. The fourth-order valence-electron chi connectivity index (χ4n) is 1.79. The largest absolute Gasteiger partial charge is 0.467 e. The Morgan fingerprint density at radius 3 is 3.00 bits per heavy atom. The molecule has 4 heteroatoms. The van der Waals surface area contributed by atoms with Gasteiger partial charge in [0.2, 0.25) is 0 Å². The van der Waals surface area contributed by atoms with E-state index < -0.39 is 0 Å². The van der Waals surface area contributed by atoms with E-state index in [0.29, 0.717) is 18.8 Å². The predicted molar refractivity (Wildman–Crippen MR) is 45.8 cm³/mol. The summed E-state index contributed by atoms with van der Waals surface area (Å²) in [6.07, 6.45) is 0. The van der Waals surface area contributed by atoms with Gasteiger partial charge in [-0.1, -0.05) is 6.07 Å². The smallest absolute Gasteiger partial charge is 0.339 e. The molecule has 0 saturated heterocycles. The SMILES string of the molecule is O=C1OCc2ccc3c(c21)COCO3. The molecule has 0 spiro atoms. The highest BCUT2D eigenvalue weighted by Crippen LogP contribution is 2.33. The van der Waals surface area contributed by atoms with Crippen LogP contribution in [0.1, 0.15) is 21.5 Å². The average Bonchev–Trinajstić information content (AvgIpc) is 2.61. The molecule has 0 N–H and O–H groups in total. The second kappa shape index (κ2) is 2.72. The van der Waals surface area contributed by atoms with Gasteiger partial charge in [0, 0.05) is 11.1 Å². The number of esters is 1. The first-order valence-electron chi connectivity index (χ1n) is 4.38. The molecule has 0 bridgehead atoms. The van der Waals surface area contributed by atoms with Crippen LogP contribution in [0, 0.1) is 0 Å². The van der Waals surface area contributed by atoms with Crippen molar-refractivity contribution in [2.45, 2.75) is 13.2 Å². The number of hydrogen-bond donors (Lipinski definition) is 0. The highest BCUT2D eigenvalue weighted by molar-refractivity contribution is 5.95. The first-order chi connectivity index (χ1) is 6.86. The predicted octanol–water partition coefficient (Wildman–Crippen LogP) is 1.22. The number of carbonyl (C=O) groups is 1. The Labute approximate surface area is 80.4 Å². The third-order valence-electron chi connectivity index (χ3n) is 2.46. The lowest BCUT2D eigenvalue weighted by atomic mass is 10.0. The van der Waals surface area contributed by atoms with E-state index in [1.54, 1.807) is 0 Å². The first-order valence-corrected chi connectivity index (χ1v) is 4.38. The summed E-state index contributed by atoms with van der Waals surface area (Å²) in [4.78, 5) is 11.4. The minimum Gasteiger partial charge on any atom is -0.467 e. The molecule has 1 aromatic carbocycles. The van der Waals surface area contributed by atoms with Crippen LogP contribution in [0.25, 0.3) is 0 Å². The van der Waals surface area contributed by atoms with Gasteiger partial charge in [0.15, 0.2) is 6.79 Å². The van der Waals surface area contributed by atoms with E-state index in [1.165, 1.54) is 0 Å². The molecule has 0 fully saturated rings. The number of carbonyl (C=O) groups excluding carboxylic acids is 1. The van der Waals surface area contributed by atoms with Crippen LogP contribution in [0.15, 0.2) is 12.1 Å². The Morgan fingerprint density at radius 1 is 1.14 bits per heavy atom. The molecule has 72 valence electrons. The fraction of sp³-hybridized carbons (Fsp3) is 0.300. The normalized spacial score (nSPS) is 18.1. The molecule has 3 rings (SSSR count). The highest BCUT2D eigenvalue weighted by Gasteiger charge is 2.28. The van der Waals surface area contributed by atoms with E-state index in [-0.39, 0.29) is 12.8 Å².